The lowest BCUT2D eigenvalue weighted by Gasteiger charge is -2.28. The van der Waals surface area contributed by atoms with Gasteiger partial charge in [0.15, 0.2) is 0 Å². The van der Waals surface area contributed by atoms with E-state index in [1.54, 1.807) is 4.31 Å². The first-order valence-corrected chi connectivity index (χ1v) is 9.02. The lowest BCUT2D eigenvalue weighted by molar-refractivity contribution is 0.313. The topological polar surface area (TPSA) is 52.7 Å². The van der Waals surface area contributed by atoms with Crippen LogP contribution in [-0.4, -0.2) is 55.9 Å². The molecule has 6 heteroatoms. The summed E-state index contributed by atoms with van der Waals surface area (Å²) in [5.41, 5.74) is 0. The van der Waals surface area contributed by atoms with Crippen LogP contribution in [0.3, 0.4) is 0 Å². The van der Waals surface area contributed by atoms with Crippen LogP contribution in [0.25, 0.3) is 0 Å². The fourth-order valence-corrected chi connectivity index (χ4v) is 4.84. The van der Waals surface area contributed by atoms with Crippen molar-refractivity contribution < 1.29 is 8.42 Å². The van der Waals surface area contributed by atoms with Gasteiger partial charge < -0.3 is 0 Å². The minimum Gasteiger partial charge on any atom is -0.298 e. The molecule has 0 aromatic heterocycles. The number of rotatable bonds is 4. The van der Waals surface area contributed by atoms with Gasteiger partial charge in [0.2, 0.25) is 0 Å². The van der Waals surface area contributed by atoms with Crippen molar-refractivity contribution in [1.29, 1.82) is 0 Å². The molecule has 1 saturated carbocycles. The Morgan fingerprint density at radius 1 is 1.05 bits per heavy atom. The predicted octanol–water partition coefficient (Wildman–Crippen LogP) is 0.789. The quantitative estimate of drug-likeness (QED) is 0.832. The van der Waals surface area contributed by atoms with E-state index in [1.165, 1.54) is 12.8 Å². The van der Waals surface area contributed by atoms with E-state index < -0.39 is 10.2 Å². The molecule has 0 aromatic rings. The standard InChI is InChI=1S/C13H25N3O2S/c1-11-9-15(12-5-6-12)10-13(11)14-19(17,18)16-7-3-2-4-8-16/h11-14H,2-10H2,1H3/t11-,13-/m0/s1. The van der Waals surface area contributed by atoms with E-state index in [9.17, 15) is 8.42 Å². The van der Waals surface area contributed by atoms with Gasteiger partial charge in [0.25, 0.3) is 10.2 Å². The zero-order chi connectivity index (χ0) is 13.5. The minimum absolute atomic E-state index is 0.0903. The average Bonchev–Trinajstić information content (AvgIpc) is 3.17. The monoisotopic (exact) mass is 287 g/mol. The first kappa shape index (κ1) is 13.8. The number of hydrogen-bond donors (Lipinski definition) is 1. The van der Waals surface area contributed by atoms with Gasteiger partial charge in [-0.25, -0.2) is 0 Å². The van der Waals surface area contributed by atoms with Gasteiger partial charge in [-0.2, -0.15) is 17.4 Å². The summed E-state index contributed by atoms with van der Waals surface area (Å²) in [7, 11) is -3.27. The van der Waals surface area contributed by atoms with Gasteiger partial charge in [0.05, 0.1) is 0 Å². The fourth-order valence-electron chi connectivity index (χ4n) is 3.27. The second-order valence-corrected chi connectivity index (χ2v) is 8.05. The van der Waals surface area contributed by atoms with Gasteiger partial charge in [-0.05, 0) is 31.6 Å². The maximum Gasteiger partial charge on any atom is 0.279 e. The summed E-state index contributed by atoms with van der Waals surface area (Å²) in [5, 5.41) is 0. The van der Waals surface area contributed by atoms with E-state index >= 15 is 0 Å². The zero-order valence-corrected chi connectivity index (χ0v) is 12.5. The Kier molecular flexibility index (Phi) is 3.86. The lowest BCUT2D eigenvalue weighted by atomic mass is 10.1. The Morgan fingerprint density at radius 2 is 1.74 bits per heavy atom. The molecule has 0 bridgehead atoms. The highest BCUT2D eigenvalue weighted by Gasteiger charge is 2.40. The van der Waals surface area contributed by atoms with Crippen molar-refractivity contribution in [3.05, 3.63) is 0 Å². The Balaban J connectivity index is 1.60. The van der Waals surface area contributed by atoms with Crippen molar-refractivity contribution in [3.63, 3.8) is 0 Å². The van der Waals surface area contributed by atoms with Gasteiger partial charge in [0, 0.05) is 38.3 Å². The van der Waals surface area contributed by atoms with Crippen molar-refractivity contribution in [2.45, 2.75) is 51.1 Å². The van der Waals surface area contributed by atoms with Crippen LogP contribution < -0.4 is 4.72 Å². The minimum atomic E-state index is -3.27. The van der Waals surface area contributed by atoms with E-state index in [0.717, 1.165) is 38.4 Å². The maximum atomic E-state index is 12.4. The van der Waals surface area contributed by atoms with Crippen molar-refractivity contribution >= 4 is 10.2 Å². The Morgan fingerprint density at radius 3 is 2.37 bits per heavy atom. The number of likely N-dealkylation sites (tertiary alicyclic amines) is 1. The fraction of sp³-hybridized carbons (Fsp3) is 1.00. The number of nitrogens with one attached hydrogen (secondary N) is 1. The highest BCUT2D eigenvalue weighted by molar-refractivity contribution is 7.87. The third kappa shape index (κ3) is 3.12. The van der Waals surface area contributed by atoms with Gasteiger partial charge in [-0.15, -0.1) is 0 Å². The molecule has 0 unspecified atom stereocenters. The molecule has 0 amide bonds. The Labute approximate surface area is 116 Å². The predicted molar refractivity (Wildman–Crippen MR) is 75.0 cm³/mol. The molecule has 2 saturated heterocycles. The summed E-state index contributed by atoms with van der Waals surface area (Å²) in [5.74, 6) is 0.417. The first-order chi connectivity index (χ1) is 9.06. The zero-order valence-electron chi connectivity index (χ0n) is 11.7. The molecule has 110 valence electrons. The van der Waals surface area contributed by atoms with Crippen LogP contribution in [0.1, 0.15) is 39.0 Å². The second kappa shape index (κ2) is 5.31. The average molecular weight is 287 g/mol. The van der Waals surface area contributed by atoms with Crippen LogP contribution in [0.5, 0.6) is 0 Å². The van der Waals surface area contributed by atoms with Crippen LogP contribution in [-0.2, 0) is 10.2 Å². The molecule has 0 spiro atoms. The van der Waals surface area contributed by atoms with Gasteiger partial charge in [-0.3, -0.25) is 4.90 Å². The van der Waals surface area contributed by atoms with Gasteiger partial charge in [0.1, 0.15) is 0 Å². The molecule has 5 nitrogen and oxygen atoms in total. The SMILES string of the molecule is C[C@H]1CN(C2CC2)C[C@@H]1NS(=O)(=O)N1CCCCC1. The van der Waals surface area contributed by atoms with Crippen molar-refractivity contribution in [3.8, 4) is 0 Å². The Bertz CT molecular complexity index is 416. The molecule has 3 rings (SSSR count). The molecule has 19 heavy (non-hydrogen) atoms. The molecular formula is C13H25N3O2S. The van der Waals surface area contributed by atoms with E-state index in [4.69, 9.17) is 0 Å². The molecule has 2 aliphatic heterocycles. The molecular weight excluding hydrogens is 262 g/mol. The third-order valence-electron chi connectivity index (χ3n) is 4.66. The molecule has 0 aromatic carbocycles. The summed E-state index contributed by atoms with van der Waals surface area (Å²) in [4.78, 5) is 2.45. The molecule has 1 aliphatic carbocycles. The van der Waals surface area contributed by atoms with Crippen molar-refractivity contribution in [2.24, 2.45) is 5.92 Å². The molecule has 3 aliphatic rings. The molecule has 0 radical (unpaired) electrons. The largest absolute Gasteiger partial charge is 0.298 e. The summed E-state index contributed by atoms with van der Waals surface area (Å²) in [6, 6.07) is 0.819. The summed E-state index contributed by atoms with van der Waals surface area (Å²) < 4.78 is 29.3. The second-order valence-electron chi connectivity index (χ2n) is 6.35. The number of nitrogens with zero attached hydrogens (tertiary/aromatic N) is 2. The number of piperidine rings is 1. The molecule has 2 atom stereocenters. The number of hydrogen-bond acceptors (Lipinski definition) is 3. The van der Waals surface area contributed by atoms with Crippen molar-refractivity contribution in [2.75, 3.05) is 26.2 Å². The summed E-state index contributed by atoms with van der Waals surface area (Å²) in [6.07, 6.45) is 5.72. The maximum absolute atomic E-state index is 12.4. The van der Waals surface area contributed by atoms with E-state index in [0.29, 0.717) is 19.0 Å². The Hall–Kier alpha value is -0.170. The summed E-state index contributed by atoms with van der Waals surface area (Å²) >= 11 is 0. The molecule has 2 heterocycles. The molecule has 3 fully saturated rings. The van der Waals surface area contributed by atoms with Crippen LogP contribution in [0.2, 0.25) is 0 Å². The van der Waals surface area contributed by atoms with E-state index in [2.05, 4.69) is 16.5 Å². The summed E-state index contributed by atoms with van der Waals surface area (Å²) in [6.45, 7) is 5.45. The van der Waals surface area contributed by atoms with E-state index in [1.807, 2.05) is 0 Å². The third-order valence-corrected chi connectivity index (χ3v) is 6.30. The molecule has 1 N–H and O–H groups in total. The van der Waals surface area contributed by atoms with Crippen molar-refractivity contribution in [1.82, 2.24) is 13.9 Å². The highest BCUT2D eigenvalue weighted by atomic mass is 32.2. The lowest BCUT2D eigenvalue weighted by Crippen LogP contribution is -2.49. The van der Waals surface area contributed by atoms with Crippen LogP contribution >= 0.6 is 0 Å². The van der Waals surface area contributed by atoms with Crippen LogP contribution in [0.4, 0.5) is 0 Å². The van der Waals surface area contributed by atoms with Gasteiger partial charge in [-0.1, -0.05) is 13.3 Å². The van der Waals surface area contributed by atoms with Crippen LogP contribution in [0, 0.1) is 5.92 Å². The smallest absolute Gasteiger partial charge is 0.279 e. The van der Waals surface area contributed by atoms with Gasteiger partial charge >= 0.3 is 0 Å². The normalized spacial score (nSPS) is 34.8. The highest BCUT2D eigenvalue weighted by Crippen LogP contribution is 2.32. The van der Waals surface area contributed by atoms with E-state index in [-0.39, 0.29) is 6.04 Å². The van der Waals surface area contributed by atoms with Crippen LogP contribution in [0.15, 0.2) is 0 Å². The first-order valence-electron chi connectivity index (χ1n) is 7.58.